The first-order valence-electron chi connectivity index (χ1n) is 7.10. The number of rotatable bonds is 6. The molecule has 0 saturated carbocycles. The molecule has 1 N–H and O–H groups in total. The van der Waals surface area contributed by atoms with Crippen LogP contribution in [0.25, 0.3) is 0 Å². The zero-order valence-corrected chi connectivity index (χ0v) is 11.8. The fourth-order valence-corrected chi connectivity index (χ4v) is 2.31. The van der Waals surface area contributed by atoms with E-state index in [-0.39, 0.29) is 12.0 Å². The van der Waals surface area contributed by atoms with Crippen molar-refractivity contribution in [3.05, 3.63) is 43.0 Å². The van der Waals surface area contributed by atoms with E-state index in [4.69, 9.17) is 4.74 Å². The van der Waals surface area contributed by atoms with E-state index in [1.54, 1.807) is 6.08 Å². The van der Waals surface area contributed by atoms with Crippen molar-refractivity contribution >= 4 is 5.91 Å². The molecule has 108 valence electrons. The highest BCUT2D eigenvalue weighted by molar-refractivity contribution is 5.78. The molecule has 1 aliphatic heterocycles. The van der Waals surface area contributed by atoms with Crippen molar-refractivity contribution in [2.75, 3.05) is 26.2 Å². The second-order valence-electron chi connectivity index (χ2n) is 4.93. The van der Waals surface area contributed by atoms with E-state index in [1.165, 1.54) is 0 Å². The quantitative estimate of drug-likeness (QED) is 0.635. The van der Waals surface area contributed by atoms with Crippen LogP contribution in [0.15, 0.2) is 43.0 Å². The van der Waals surface area contributed by atoms with Gasteiger partial charge in [-0.15, -0.1) is 6.58 Å². The molecular weight excluding hydrogens is 252 g/mol. The maximum atomic E-state index is 11.9. The topological polar surface area (TPSA) is 41.6 Å². The molecule has 1 fully saturated rings. The van der Waals surface area contributed by atoms with Gasteiger partial charge in [-0.1, -0.05) is 24.3 Å². The number of benzene rings is 1. The van der Waals surface area contributed by atoms with Crippen molar-refractivity contribution < 1.29 is 9.53 Å². The molecular formula is C16H22N2O2. The monoisotopic (exact) mass is 274 g/mol. The zero-order valence-electron chi connectivity index (χ0n) is 11.8. The summed E-state index contributed by atoms with van der Waals surface area (Å²) in [6.45, 7) is 6.21. The van der Waals surface area contributed by atoms with Gasteiger partial charge in [-0.05, 0) is 12.1 Å². The van der Waals surface area contributed by atoms with Crippen LogP contribution >= 0.6 is 0 Å². The van der Waals surface area contributed by atoms with Crippen molar-refractivity contribution in [1.29, 1.82) is 0 Å². The molecule has 0 spiro atoms. The number of carbonyl (C=O) groups excluding carboxylic acids is 1. The Morgan fingerprint density at radius 1 is 1.35 bits per heavy atom. The highest BCUT2D eigenvalue weighted by atomic mass is 16.5. The van der Waals surface area contributed by atoms with E-state index < -0.39 is 0 Å². The lowest BCUT2D eigenvalue weighted by Crippen LogP contribution is -2.45. The fourth-order valence-electron chi connectivity index (χ4n) is 2.31. The first kappa shape index (κ1) is 14.6. The third kappa shape index (κ3) is 4.38. The lowest BCUT2D eigenvalue weighted by molar-refractivity contribution is -0.131. The highest BCUT2D eigenvalue weighted by Crippen LogP contribution is 2.18. The normalized spacial score (nSPS) is 15.9. The Morgan fingerprint density at radius 3 is 2.70 bits per heavy atom. The second kappa shape index (κ2) is 7.70. The largest absolute Gasteiger partial charge is 0.490 e. The molecule has 1 aromatic carbocycles. The van der Waals surface area contributed by atoms with Crippen LogP contribution in [0.5, 0.6) is 5.75 Å². The van der Waals surface area contributed by atoms with Crippen LogP contribution < -0.4 is 10.1 Å². The van der Waals surface area contributed by atoms with Gasteiger partial charge in [0, 0.05) is 32.5 Å². The molecule has 0 unspecified atom stereocenters. The summed E-state index contributed by atoms with van der Waals surface area (Å²) in [5, 5.41) is 3.04. The Labute approximate surface area is 120 Å². The minimum atomic E-state index is 0.157. The Hall–Kier alpha value is -1.81. The maximum absolute atomic E-state index is 11.9. The van der Waals surface area contributed by atoms with Gasteiger partial charge in [0.1, 0.15) is 11.9 Å². The van der Waals surface area contributed by atoms with Crippen LogP contribution in [-0.4, -0.2) is 43.1 Å². The Balaban J connectivity index is 1.72. The molecule has 1 amide bonds. The van der Waals surface area contributed by atoms with Crippen molar-refractivity contribution in [2.24, 2.45) is 0 Å². The summed E-state index contributed by atoms with van der Waals surface area (Å²) in [6, 6.07) is 9.86. The molecule has 1 aliphatic rings. The summed E-state index contributed by atoms with van der Waals surface area (Å²) in [6.07, 6.45) is 3.75. The highest BCUT2D eigenvalue weighted by Gasteiger charge is 2.23. The summed E-state index contributed by atoms with van der Waals surface area (Å²) in [7, 11) is 0. The van der Waals surface area contributed by atoms with Gasteiger partial charge in [0.25, 0.3) is 0 Å². The van der Waals surface area contributed by atoms with Gasteiger partial charge in [0.15, 0.2) is 0 Å². The molecule has 0 aliphatic carbocycles. The smallest absolute Gasteiger partial charge is 0.236 e. The van der Waals surface area contributed by atoms with Crippen LogP contribution in [0.3, 0.4) is 0 Å². The second-order valence-corrected chi connectivity index (χ2v) is 4.93. The van der Waals surface area contributed by atoms with Crippen LogP contribution in [0.2, 0.25) is 0 Å². The molecule has 0 bridgehead atoms. The summed E-state index contributed by atoms with van der Waals surface area (Å²) >= 11 is 0. The molecule has 0 atom stereocenters. The Morgan fingerprint density at radius 2 is 2.05 bits per heavy atom. The molecule has 1 heterocycles. The lowest BCUT2D eigenvalue weighted by Gasteiger charge is -2.32. The van der Waals surface area contributed by atoms with E-state index in [0.29, 0.717) is 13.1 Å². The van der Waals surface area contributed by atoms with Gasteiger partial charge in [0.2, 0.25) is 5.91 Å². The average molecular weight is 274 g/mol. The number of likely N-dealkylation sites (tertiary alicyclic amines) is 1. The van der Waals surface area contributed by atoms with E-state index in [1.807, 2.05) is 35.2 Å². The molecule has 1 aromatic rings. The van der Waals surface area contributed by atoms with Crippen LogP contribution in [-0.2, 0) is 4.79 Å². The van der Waals surface area contributed by atoms with Crippen molar-refractivity contribution in [3.63, 3.8) is 0 Å². The third-order valence-electron chi connectivity index (χ3n) is 3.41. The molecule has 4 nitrogen and oxygen atoms in total. The lowest BCUT2D eigenvalue weighted by atomic mass is 10.1. The SMILES string of the molecule is C=CCNCC(=O)N1CCC(Oc2ccccc2)CC1. The zero-order chi connectivity index (χ0) is 14.2. The van der Waals surface area contributed by atoms with Gasteiger partial charge >= 0.3 is 0 Å². The maximum Gasteiger partial charge on any atom is 0.236 e. The van der Waals surface area contributed by atoms with E-state index in [9.17, 15) is 4.79 Å². The molecule has 0 radical (unpaired) electrons. The van der Waals surface area contributed by atoms with E-state index in [2.05, 4.69) is 11.9 Å². The summed E-state index contributed by atoms with van der Waals surface area (Å²) < 4.78 is 5.92. The third-order valence-corrected chi connectivity index (χ3v) is 3.41. The predicted molar refractivity (Wildman–Crippen MR) is 79.7 cm³/mol. The number of para-hydroxylation sites is 1. The number of hydrogen-bond acceptors (Lipinski definition) is 3. The van der Waals surface area contributed by atoms with E-state index in [0.717, 1.165) is 31.7 Å². The molecule has 20 heavy (non-hydrogen) atoms. The minimum Gasteiger partial charge on any atom is -0.490 e. The van der Waals surface area contributed by atoms with Crippen molar-refractivity contribution in [3.8, 4) is 5.75 Å². The minimum absolute atomic E-state index is 0.157. The van der Waals surface area contributed by atoms with Gasteiger partial charge < -0.3 is 15.0 Å². The Bertz CT molecular complexity index is 425. The summed E-state index contributed by atoms with van der Waals surface area (Å²) in [5.41, 5.74) is 0. The average Bonchev–Trinajstić information content (AvgIpc) is 2.49. The van der Waals surface area contributed by atoms with Gasteiger partial charge in [0.05, 0.1) is 6.54 Å². The van der Waals surface area contributed by atoms with Crippen LogP contribution in [0, 0.1) is 0 Å². The van der Waals surface area contributed by atoms with Crippen molar-refractivity contribution in [2.45, 2.75) is 18.9 Å². The number of carbonyl (C=O) groups is 1. The first-order valence-corrected chi connectivity index (χ1v) is 7.10. The van der Waals surface area contributed by atoms with Gasteiger partial charge in [-0.25, -0.2) is 0 Å². The van der Waals surface area contributed by atoms with E-state index >= 15 is 0 Å². The number of ether oxygens (including phenoxy) is 1. The molecule has 0 aromatic heterocycles. The van der Waals surface area contributed by atoms with Crippen LogP contribution in [0.4, 0.5) is 0 Å². The molecule has 2 rings (SSSR count). The number of nitrogens with zero attached hydrogens (tertiary/aromatic N) is 1. The number of amides is 1. The molecule has 1 saturated heterocycles. The standard InChI is InChI=1S/C16H22N2O2/c1-2-10-17-13-16(19)18-11-8-15(9-12-18)20-14-6-4-3-5-7-14/h2-7,15,17H,1,8-13H2. The fraction of sp³-hybridized carbons (Fsp3) is 0.438. The Kier molecular flexibility index (Phi) is 5.62. The predicted octanol–water partition coefficient (Wildman–Crippen LogP) is 1.83. The number of nitrogens with one attached hydrogen (secondary N) is 1. The summed E-state index contributed by atoms with van der Waals surface area (Å²) in [5.74, 6) is 1.06. The summed E-state index contributed by atoms with van der Waals surface area (Å²) in [4.78, 5) is 13.8. The van der Waals surface area contributed by atoms with Crippen molar-refractivity contribution in [1.82, 2.24) is 10.2 Å². The first-order chi connectivity index (χ1) is 9.79. The number of hydrogen-bond donors (Lipinski definition) is 1. The molecule has 4 heteroatoms. The van der Waals surface area contributed by atoms with Crippen LogP contribution in [0.1, 0.15) is 12.8 Å². The number of piperidine rings is 1. The van der Waals surface area contributed by atoms with Gasteiger partial charge in [-0.3, -0.25) is 4.79 Å². The van der Waals surface area contributed by atoms with Gasteiger partial charge in [-0.2, -0.15) is 0 Å².